The van der Waals surface area contributed by atoms with Gasteiger partial charge in [-0.15, -0.1) is 0 Å². The lowest BCUT2D eigenvalue weighted by atomic mass is 10.0. The fourth-order valence-electron chi connectivity index (χ4n) is 22.1. The van der Waals surface area contributed by atoms with Crippen LogP contribution in [0.5, 0.6) is 0 Å². The fraction of sp³-hybridized carbons (Fsp3) is 0. The predicted octanol–water partition coefficient (Wildman–Crippen LogP) is 33.8. The molecular weight excluding hydrogens is 1830 g/mol. The maximum absolute atomic E-state index is 5.22. The summed E-state index contributed by atoms with van der Waals surface area (Å²) in [7, 11) is 0. The molecule has 0 aliphatic rings. The Balaban J connectivity index is 0.000000108. The first-order valence-electron chi connectivity index (χ1n) is 50.5. The Morgan fingerprint density at radius 1 is 0.147 bits per heavy atom. The minimum absolute atomic E-state index is 0.638. The maximum Gasteiger partial charge on any atom is 0.235 e. The topological polar surface area (TPSA) is 133 Å². The molecule has 0 spiro atoms. The first-order chi connectivity index (χ1) is 74.4. The van der Waals surface area contributed by atoms with E-state index in [-0.39, 0.29) is 0 Å². The molecule has 0 aliphatic heterocycles. The number of fused-ring (bicyclic) bond motifs is 18. The van der Waals surface area contributed by atoms with Crippen LogP contribution in [0.1, 0.15) is 0 Å². The van der Waals surface area contributed by atoms with Gasteiger partial charge in [-0.05, 0) is 197 Å². The van der Waals surface area contributed by atoms with Gasteiger partial charge >= 0.3 is 0 Å². The van der Waals surface area contributed by atoms with Crippen LogP contribution in [0.2, 0.25) is 0 Å². The van der Waals surface area contributed by atoms with Crippen molar-refractivity contribution in [1.29, 1.82) is 0 Å². The van der Waals surface area contributed by atoms with Crippen LogP contribution in [0.3, 0.4) is 0 Å². The molecule has 30 aromatic rings. The molecule has 150 heavy (non-hydrogen) atoms. The van der Waals surface area contributed by atoms with Gasteiger partial charge in [-0.25, -0.2) is 24.9 Å². The molecule has 0 unspecified atom stereocenters. The highest BCUT2D eigenvalue weighted by molar-refractivity contribution is 6.16. The highest BCUT2D eigenvalue weighted by Gasteiger charge is 2.26. The van der Waals surface area contributed by atoms with Crippen molar-refractivity contribution in [2.45, 2.75) is 0 Å². The van der Waals surface area contributed by atoms with E-state index in [2.05, 4.69) is 470 Å². The molecule has 14 nitrogen and oxygen atoms in total. The maximum atomic E-state index is 5.22. The number of rotatable bonds is 15. The van der Waals surface area contributed by atoms with Gasteiger partial charge < -0.3 is 22.8 Å². The average Bonchev–Trinajstić information content (AvgIpc) is 1.56. The molecule has 0 N–H and O–H groups in total. The molecular formula is C136H88N14. The molecule has 18 aromatic carbocycles. The van der Waals surface area contributed by atoms with E-state index < -0.39 is 0 Å². The third-order valence-corrected chi connectivity index (χ3v) is 29.0. The molecule has 0 radical (unpaired) electrons. The normalized spacial score (nSPS) is 11.6. The van der Waals surface area contributed by atoms with Crippen molar-refractivity contribution in [1.82, 2.24) is 67.3 Å². The molecule has 0 amide bonds. The van der Waals surface area contributed by atoms with Crippen molar-refractivity contribution in [2.24, 2.45) is 0 Å². The second-order valence-electron chi connectivity index (χ2n) is 37.7. The van der Waals surface area contributed by atoms with Crippen LogP contribution in [0, 0.1) is 0 Å². The standard InChI is InChI=1S/C46H30N4.2C45H29N5/c1-4-13-31(14-5-1)40-29-36(30-41(48-40)32-15-6-2-7-16-32)50-42-20-11-10-19-37(42)38-24-22-34(28-45(38)50)33-23-25-43-39(27-33)46-44(21-12-26-47-46)49(43)35-17-8-3-9-18-35;1-4-13-30(14-5-1)38-29-39(31-15-6-2-7-16-31)48-45(47-38)50-40-20-11-10-19-35(40)36-24-22-33(28-43(36)50)32-23-25-41-37(27-32)44-42(21-12-26-46-44)49(41)34-17-8-3-9-18-34;1-4-13-30(14-5-1)43-42(29-47-45(48-43)31-15-6-2-7-16-31)50-38-20-11-10-19-35(38)36-24-22-33(28-41(36)50)32-23-25-39-37(27-32)44-40(21-12-26-46-44)49(39)34-17-8-3-9-18-34/h1-30H;2*1-29H. The van der Waals surface area contributed by atoms with E-state index in [1.165, 1.54) is 21.5 Å². The highest BCUT2D eigenvalue weighted by Crippen LogP contribution is 2.46. The van der Waals surface area contributed by atoms with Gasteiger partial charge in [0, 0.05) is 118 Å². The van der Waals surface area contributed by atoms with E-state index in [9.17, 15) is 0 Å². The third-order valence-electron chi connectivity index (χ3n) is 29.0. The summed E-state index contributed by atoms with van der Waals surface area (Å²) < 4.78 is 13.8. The Morgan fingerprint density at radius 3 is 0.800 bits per heavy atom. The minimum Gasteiger partial charge on any atom is -0.309 e. The van der Waals surface area contributed by atoms with Gasteiger partial charge in [-0.1, -0.05) is 346 Å². The summed E-state index contributed by atoms with van der Waals surface area (Å²) in [4.78, 5) is 40.3. The van der Waals surface area contributed by atoms with Crippen LogP contribution in [-0.4, -0.2) is 67.3 Å². The van der Waals surface area contributed by atoms with Crippen molar-refractivity contribution in [2.75, 3.05) is 0 Å². The molecule has 0 saturated carbocycles. The second kappa shape index (κ2) is 37.0. The fourth-order valence-corrected chi connectivity index (χ4v) is 22.1. The van der Waals surface area contributed by atoms with Crippen molar-refractivity contribution in [3.8, 4) is 135 Å². The smallest absolute Gasteiger partial charge is 0.235 e. The number of nitrogens with zero attached hydrogens (tertiary/aromatic N) is 14. The van der Waals surface area contributed by atoms with E-state index in [1.54, 1.807) is 0 Å². The van der Waals surface area contributed by atoms with Crippen molar-refractivity contribution in [3.63, 3.8) is 0 Å². The number of benzene rings is 18. The zero-order valence-electron chi connectivity index (χ0n) is 81.1. The van der Waals surface area contributed by atoms with Crippen LogP contribution in [-0.2, 0) is 0 Å². The lowest BCUT2D eigenvalue weighted by Gasteiger charge is -2.15. The molecule has 12 aromatic heterocycles. The quantitative estimate of drug-likeness (QED) is 0.0991. The summed E-state index contributed by atoms with van der Waals surface area (Å²) in [5.74, 6) is 1.34. The number of para-hydroxylation sites is 6. The monoisotopic (exact) mass is 1920 g/mol. The zero-order valence-corrected chi connectivity index (χ0v) is 81.1. The summed E-state index contributed by atoms with van der Waals surface area (Å²) >= 11 is 0. The van der Waals surface area contributed by atoms with Crippen LogP contribution in [0.15, 0.2) is 534 Å². The predicted molar refractivity (Wildman–Crippen MR) is 617 cm³/mol. The zero-order chi connectivity index (χ0) is 99.1. The molecule has 12 heterocycles. The van der Waals surface area contributed by atoms with E-state index in [1.807, 2.05) is 91.5 Å². The molecule has 702 valence electrons. The Labute approximate surface area is 862 Å². The van der Waals surface area contributed by atoms with Crippen molar-refractivity contribution < 1.29 is 0 Å². The average molecular weight is 1920 g/mol. The Bertz CT molecular complexity index is 9930. The van der Waals surface area contributed by atoms with E-state index >= 15 is 0 Å². The van der Waals surface area contributed by atoms with Gasteiger partial charge in [0.05, 0.1) is 129 Å². The van der Waals surface area contributed by atoms with Crippen molar-refractivity contribution >= 4 is 131 Å². The number of pyridine rings is 4. The summed E-state index contributed by atoms with van der Waals surface area (Å²) in [5, 5.41) is 10.5. The van der Waals surface area contributed by atoms with Gasteiger partial charge in [0.1, 0.15) is 0 Å². The number of aromatic nitrogens is 14. The lowest BCUT2D eigenvalue weighted by molar-refractivity contribution is 0.996. The van der Waals surface area contributed by atoms with Gasteiger partial charge in [-0.2, -0.15) is 0 Å². The molecule has 0 atom stereocenters. The number of hydrogen-bond donors (Lipinski definition) is 0. The van der Waals surface area contributed by atoms with Gasteiger partial charge in [0.2, 0.25) is 5.95 Å². The largest absolute Gasteiger partial charge is 0.309 e. The van der Waals surface area contributed by atoms with E-state index in [4.69, 9.17) is 39.9 Å². The van der Waals surface area contributed by atoms with E-state index in [0.717, 1.165) is 233 Å². The first-order valence-corrected chi connectivity index (χ1v) is 50.5. The third kappa shape index (κ3) is 15.4. The van der Waals surface area contributed by atoms with Crippen LogP contribution in [0.4, 0.5) is 0 Å². The molecule has 0 bridgehead atoms. The Kier molecular flexibility index (Phi) is 21.6. The summed E-state index contributed by atoms with van der Waals surface area (Å²) in [5.41, 5.74) is 39.3. The van der Waals surface area contributed by atoms with Crippen LogP contribution >= 0.6 is 0 Å². The van der Waals surface area contributed by atoms with Gasteiger partial charge in [0.15, 0.2) is 5.82 Å². The second-order valence-corrected chi connectivity index (χ2v) is 37.7. The van der Waals surface area contributed by atoms with Crippen LogP contribution in [0.25, 0.3) is 267 Å². The summed E-state index contributed by atoms with van der Waals surface area (Å²) in [6, 6.07) is 179. The summed E-state index contributed by atoms with van der Waals surface area (Å²) in [6.45, 7) is 0. The van der Waals surface area contributed by atoms with Gasteiger partial charge in [-0.3, -0.25) is 19.5 Å². The van der Waals surface area contributed by atoms with Crippen LogP contribution < -0.4 is 0 Å². The Morgan fingerprint density at radius 2 is 0.420 bits per heavy atom. The first kappa shape index (κ1) is 87.3. The molecule has 30 rings (SSSR count). The summed E-state index contributed by atoms with van der Waals surface area (Å²) in [6.07, 6.45) is 7.62. The lowest BCUT2D eigenvalue weighted by Crippen LogP contribution is -2.04. The highest BCUT2D eigenvalue weighted by atomic mass is 15.2. The minimum atomic E-state index is 0.638. The number of hydrogen-bond acceptors (Lipinski definition) is 8. The van der Waals surface area contributed by atoms with Crippen molar-refractivity contribution in [3.05, 3.63) is 534 Å². The molecule has 0 aliphatic carbocycles. The Hall–Kier alpha value is -20.5. The van der Waals surface area contributed by atoms with Gasteiger partial charge in [0.25, 0.3) is 0 Å². The SMILES string of the molecule is c1ccc(-c2cc(-c3ccccc3)nc(-n3c4ccccc4c4ccc(-c5ccc6c(c5)c5ncccc5n6-c5ccccc5)cc43)n2)cc1.c1ccc(-c2cc(-n3c4ccccc4c4ccc(-c5ccc6c(c5)c5ncccc5n6-c5ccccc5)cc43)cc(-c3ccccc3)n2)cc1.c1ccc(-c2ncc(-n3c4ccccc4c4ccc(-c5ccc6c(c5)c5ncccc5n6-c5ccccc5)cc43)c(-c3ccccc3)n2)cc1. The molecule has 0 fully saturated rings. The van der Waals surface area contributed by atoms with E-state index in [0.29, 0.717) is 11.8 Å². The molecule has 14 heteroatoms. The molecule has 0 saturated heterocycles.